The maximum absolute atomic E-state index is 12.6. The van der Waals surface area contributed by atoms with Crippen molar-refractivity contribution in [2.24, 2.45) is 5.73 Å². The van der Waals surface area contributed by atoms with Gasteiger partial charge in [-0.15, -0.1) is 0 Å². The average Bonchev–Trinajstić information content (AvgIpc) is 3.19. The quantitative estimate of drug-likeness (QED) is 0.0177. The number of carboxylic acids is 1. The minimum atomic E-state index is -1.22. The molecule has 0 aromatic rings. The number of amidine groups is 1. The number of aliphatic carboxylic acids is 1. The third-order valence-corrected chi connectivity index (χ3v) is 13.3. The first-order valence-corrected chi connectivity index (χ1v) is 26.2. The highest BCUT2D eigenvalue weighted by Gasteiger charge is 2.17. The lowest BCUT2D eigenvalue weighted by Gasteiger charge is -2.19. The second kappa shape index (κ2) is 45.0. The molecule has 0 aromatic carbocycles. The number of rotatable bonds is 46. The van der Waals surface area contributed by atoms with Crippen molar-refractivity contribution in [2.45, 2.75) is 231 Å². The fourth-order valence-corrected chi connectivity index (χ4v) is 9.30. The molecule has 0 aliphatic rings. The highest BCUT2D eigenvalue weighted by molar-refractivity contribution is 8.77. The van der Waals surface area contributed by atoms with Crippen molar-refractivity contribution in [1.82, 2.24) is 5.32 Å². The number of carboxylic acid groups (broad SMARTS) is 1. The molecule has 10 nitrogen and oxygen atoms in total. The normalized spacial score (nSPS) is 12.8. The number of ether oxygens (including phenoxy) is 3. The zero-order chi connectivity index (χ0) is 42.6. The van der Waals surface area contributed by atoms with E-state index in [1.807, 2.05) is 0 Å². The molecule has 0 heterocycles. The Kier molecular flexibility index (Phi) is 43.9. The van der Waals surface area contributed by atoms with Gasteiger partial charge in [0.15, 0.2) is 0 Å². The van der Waals surface area contributed by atoms with Gasteiger partial charge in [-0.25, -0.2) is 4.79 Å². The van der Waals surface area contributed by atoms with E-state index < -0.39 is 23.6 Å². The molecule has 0 spiro atoms. The predicted octanol–water partition coefficient (Wildman–Crippen LogP) is 9.73. The van der Waals surface area contributed by atoms with Crippen LogP contribution in [-0.4, -0.2) is 73.9 Å². The van der Waals surface area contributed by atoms with Crippen LogP contribution < -0.4 is 21.1 Å². The summed E-state index contributed by atoms with van der Waals surface area (Å²) in [7, 11) is 2.72. The summed E-state index contributed by atoms with van der Waals surface area (Å²) < 4.78 is 17.5. The first-order chi connectivity index (χ1) is 28.3. The highest BCUT2D eigenvalue weighted by Crippen LogP contribution is 2.30. The van der Waals surface area contributed by atoms with Crippen LogP contribution in [0.4, 0.5) is 4.79 Å². The maximum Gasteiger partial charge on any atom is 0.409 e. The van der Waals surface area contributed by atoms with Crippen LogP contribution in [0.2, 0.25) is 0 Å². The van der Waals surface area contributed by atoms with Gasteiger partial charge in [-0.2, -0.15) is 0 Å². The summed E-state index contributed by atoms with van der Waals surface area (Å²) >= 11 is 0. The summed E-state index contributed by atoms with van der Waals surface area (Å²) in [6.07, 6.45) is 36.4. The molecule has 2 unspecified atom stereocenters. The summed E-state index contributed by atoms with van der Waals surface area (Å²) in [4.78, 5) is 38.2. The number of Topliss-reactive ketones (excluding diaryl/α,β-unsaturated/α-hetero) is 1. The van der Waals surface area contributed by atoms with Gasteiger partial charge in [0.2, 0.25) is 12.1 Å². The molecular weight excluding hydrogens is 771 g/mol. The Morgan fingerprint density at radius 1 is 0.655 bits per heavy atom. The molecule has 0 aliphatic carbocycles. The Morgan fingerprint density at radius 2 is 1.10 bits per heavy atom. The van der Waals surface area contributed by atoms with E-state index in [1.54, 1.807) is 0 Å². The van der Waals surface area contributed by atoms with Crippen molar-refractivity contribution in [3.63, 3.8) is 0 Å². The number of hydrogen-bond acceptors (Lipinski definition) is 9. The molecule has 0 saturated carbocycles. The fourth-order valence-electron chi connectivity index (χ4n) is 6.69. The van der Waals surface area contributed by atoms with Crippen LogP contribution in [0.15, 0.2) is 0 Å². The lowest BCUT2D eigenvalue weighted by atomic mass is 10.0. The van der Waals surface area contributed by atoms with E-state index in [4.69, 9.17) is 19.9 Å². The molecule has 0 aliphatic heterocycles. The number of nitrogens with two attached hydrogens (primary N) is 1. The van der Waals surface area contributed by atoms with E-state index in [9.17, 15) is 19.5 Å². The molecule has 1 amide bonds. The van der Waals surface area contributed by atoms with Crippen LogP contribution in [-0.2, 0) is 23.8 Å². The molecule has 342 valence electrons. The molecule has 0 bridgehead atoms. The topological polar surface area (TPSA) is 154 Å². The molecule has 12 heteroatoms. The van der Waals surface area contributed by atoms with E-state index in [-0.39, 0.29) is 18.8 Å². The maximum atomic E-state index is 12.6. The second-order valence-corrected chi connectivity index (χ2v) is 18.7. The van der Waals surface area contributed by atoms with Crippen LogP contribution in [0.25, 0.3) is 0 Å². The molecule has 0 aromatic heterocycles. The number of unbranched alkanes of at least 4 members (excludes halogenated alkanes) is 26. The fraction of sp³-hybridized carbons (Fsp3) is 0.913. The van der Waals surface area contributed by atoms with Crippen molar-refractivity contribution < 1.29 is 38.7 Å². The van der Waals surface area contributed by atoms with E-state index in [0.29, 0.717) is 38.6 Å². The standard InChI is InChI=1S/C46H89N3O7S2/c1-4-6-8-10-12-14-16-18-20-22-24-26-28-30-36-54-40-45(55-37-31-29-27-25-23-21-19-17-15-13-11-9-7-5-2)56-46(53)49-35-34-48-43(47)33-32-38-57-58-42(41(3)50)39-44(51)52/h42,45H,4-40H2,1-3H3,(H2,47,48)(H,49,53)(H,51,52). The van der Waals surface area contributed by atoms with Gasteiger partial charge in [-0.05, 0) is 26.2 Å². The molecule has 0 rings (SSSR count). The second-order valence-electron chi connectivity index (χ2n) is 16.0. The first-order valence-electron chi connectivity index (χ1n) is 23.8. The Balaban J connectivity index is 4.33. The average molecular weight is 860 g/mol. The smallest absolute Gasteiger partial charge is 0.409 e. The Hall–Kier alpha value is -1.50. The van der Waals surface area contributed by atoms with Gasteiger partial charge >= 0.3 is 6.09 Å². The van der Waals surface area contributed by atoms with Crippen molar-refractivity contribution in [3.05, 3.63) is 0 Å². The summed E-state index contributed by atoms with van der Waals surface area (Å²) in [6, 6.07) is 0. The molecule has 0 saturated heterocycles. The van der Waals surface area contributed by atoms with Crippen LogP contribution in [0.3, 0.4) is 0 Å². The van der Waals surface area contributed by atoms with E-state index in [1.165, 1.54) is 183 Å². The largest absolute Gasteiger partial charge is 0.550 e. The third kappa shape index (κ3) is 42.6. The number of amides is 1. The predicted molar refractivity (Wildman–Crippen MR) is 244 cm³/mol. The summed E-state index contributed by atoms with van der Waals surface area (Å²) in [5.74, 6) is -0.0722. The number of hydrogen-bond donors (Lipinski definition) is 3. The van der Waals surface area contributed by atoms with Gasteiger partial charge in [0.05, 0.1) is 18.4 Å². The van der Waals surface area contributed by atoms with Crippen LogP contribution in [0.1, 0.15) is 220 Å². The van der Waals surface area contributed by atoms with Gasteiger partial charge in [0.1, 0.15) is 18.9 Å². The lowest BCUT2D eigenvalue weighted by molar-refractivity contribution is -0.457. The molecule has 0 fully saturated rings. The number of ketones is 1. The Labute approximate surface area is 363 Å². The van der Waals surface area contributed by atoms with E-state index in [0.717, 1.165) is 37.9 Å². The van der Waals surface area contributed by atoms with E-state index in [2.05, 4.69) is 24.2 Å². The van der Waals surface area contributed by atoms with Crippen molar-refractivity contribution >= 4 is 45.3 Å². The molecule has 0 radical (unpaired) electrons. The molecule has 58 heavy (non-hydrogen) atoms. The number of carbonyl (C=O) groups is 3. The highest BCUT2D eigenvalue weighted by atomic mass is 33.1. The van der Waals surface area contributed by atoms with Gasteiger partial charge in [0.25, 0.3) is 0 Å². The number of alkyl carbamates (subject to hydrolysis) is 1. The summed E-state index contributed by atoms with van der Waals surface area (Å²) in [6.45, 7) is 8.11. The van der Waals surface area contributed by atoms with Gasteiger partial charge in [0, 0.05) is 31.2 Å². The zero-order valence-corrected chi connectivity index (χ0v) is 39.2. The summed E-state index contributed by atoms with van der Waals surface area (Å²) in [5.41, 5.74) is 6.10. The van der Waals surface area contributed by atoms with Crippen molar-refractivity contribution in [1.29, 1.82) is 0 Å². The Bertz CT molecular complexity index is 976. The monoisotopic (exact) mass is 860 g/mol. The van der Waals surface area contributed by atoms with Crippen LogP contribution >= 0.6 is 21.6 Å². The molecular formula is C46H89N3O7S2. The minimum absolute atomic E-state index is 0.170. The van der Waals surface area contributed by atoms with Crippen molar-refractivity contribution in [3.8, 4) is 0 Å². The molecule has 2 atom stereocenters. The van der Waals surface area contributed by atoms with Gasteiger partial charge in [-0.3, -0.25) is 15.5 Å². The first kappa shape index (κ1) is 56.5. The van der Waals surface area contributed by atoms with Crippen LogP contribution in [0, 0.1) is 0 Å². The lowest BCUT2D eigenvalue weighted by Crippen LogP contribution is -2.77. The number of carbonyl (C=O) groups excluding carboxylic acids is 3. The summed E-state index contributed by atoms with van der Waals surface area (Å²) in [5, 5.41) is 13.0. The van der Waals surface area contributed by atoms with Crippen LogP contribution in [0.5, 0.6) is 0 Å². The Morgan fingerprint density at radius 3 is 1.55 bits per heavy atom. The SMILES string of the molecule is CCCCCCCCCCCCCCCCOCC(OCCCCCCCCCCCCCCCC)OC(=O)NCC[NH+]=C(N)CCCSSC(CC(=O)[O-])C(C)=O. The van der Waals surface area contributed by atoms with Gasteiger partial charge < -0.3 is 29.4 Å². The zero-order valence-electron chi connectivity index (χ0n) is 37.6. The van der Waals surface area contributed by atoms with Crippen molar-refractivity contribution in [2.75, 3.05) is 38.7 Å². The van der Waals surface area contributed by atoms with Gasteiger partial charge in [-0.1, -0.05) is 202 Å². The number of nitrogens with one attached hydrogen (secondary N) is 2. The van der Waals surface area contributed by atoms with E-state index >= 15 is 0 Å². The third-order valence-electron chi connectivity index (χ3n) is 10.3. The minimum Gasteiger partial charge on any atom is -0.550 e. The molecule has 4 N–H and O–H groups in total.